The van der Waals surface area contributed by atoms with Gasteiger partial charge in [0, 0.05) is 31.0 Å². The van der Waals surface area contributed by atoms with E-state index < -0.39 is 0 Å². The summed E-state index contributed by atoms with van der Waals surface area (Å²) in [6, 6.07) is 4.02. The van der Waals surface area contributed by atoms with Crippen LogP contribution in [0.5, 0.6) is 0 Å². The Morgan fingerprint density at radius 1 is 1.17 bits per heavy atom. The van der Waals surface area contributed by atoms with Crippen molar-refractivity contribution in [1.82, 2.24) is 20.0 Å². The quantitative estimate of drug-likeness (QED) is 0.811. The molecule has 0 amide bonds. The molecule has 3 aliphatic carbocycles. The Morgan fingerprint density at radius 2 is 1.92 bits per heavy atom. The summed E-state index contributed by atoms with van der Waals surface area (Å²) in [6.45, 7) is 4.50. The molecule has 4 aliphatic rings. The van der Waals surface area contributed by atoms with Crippen molar-refractivity contribution in [2.75, 3.05) is 13.1 Å². The van der Waals surface area contributed by atoms with Crippen LogP contribution in [-0.4, -0.2) is 33.1 Å². The van der Waals surface area contributed by atoms with Gasteiger partial charge in [0.15, 0.2) is 0 Å². The minimum Gasteiger partial charge on any atom is -0.337 e. The molecule has 0 aromatic carbocycles. The summed E-state index contributed by atoms with van der Waals surface area (Å²) in [4.78, 5) is 11.3. The van der Waals surface area contributed by atoms with Crippen LogP contribution in [-0.2, 0) is 0 Å². The predicted octanol–water partition coefficient (Wildman–Crippen LogP) is 3.34. The van der Waals surface area contributed by atoms with Crippen molar-refractivity contribution in [1.29, 1.82) is 0 Å². The van der Waals surface area contributed by atoms with Gasteiger partial charge in [0.25, 0.3) is 0 Å². The van der Waals surface area contributed by atoms with Crippen molar-refractivity contribution in [3.63, 3.8) is 0 Å². The van der Waals surface area contributed by atoms with Gasteiger partial charge in [0.05, 0.1) is 6.04 Å². The summed E-state index contributed by atoms with van der Waals surface area (Å²) in [5.41, 5.74) is 0.900. The topological polar surface area (TPSA) is 55.1 Å². The van der Waals surface area contributed by atoms with Crippen molar-refractivity contribution >= 4 is 0 Å². The largest absolute Gasteiger partial charge is 0.337 e. The van der Waals surface area contributed by atoms with E-state index in [1.807, 2.05) is 12.1 Å². The second-order valence-corrected chi connectivity index (χ2v) is 7.45. The third kappa shape index (κ3) is 2.22. The fourth-order valence-corrected chi connectivity index (χ4v) is 4.86. The first-order valence-corrected chi connectivity index (χ1v) is 8.96. The zero-order valence-electron chi connectivity index (χ0n) is 13.9. The highest BCUT2D eigenvalue weighted by Crippen LogP contribution is 2.49. The van der Waals surface area contributed by atoms with Gasteiger partial charge in [-0.3, -0.25) is 9.88 Å². The molecule has 2 aromatic heterocycles. The summed E-state index contributed by atoms with van der Waals surface area (Å²) < 4.78 is 5.57. The third-order valence-corrected chi connectivity index (χ3v) is 6.25. The summed E-state index contributed by atoms with van der Waals surface area (Å²) in [7, 11) is 0. The summed E-state index contributed by atoms with van der Waals surface area (Å²) in [5.74, 6) is 4.54. The Balaban J connectivity index is 1.35. The minimum atomic E-state index is 0.174. The van der Waals surface area contributed by atoms with Gasteiger partial charge in [-0.15, -0.1) is 0 Å². The number of pyridine rings is 1. The van der Waals surface area contributed by atoms with Crippen molar-refractivity contribution in [2.45, 2.75) is 25.8 Å². The molecule has 5 heteroatoms. The van der Waals surface area contributed by atoms with Crippen molar-refractivity contribution in [3.8, 4) is 11.4 Å². The standard InChI is InChI=1S/C19H22N4O/c1-12(19-21-18(22-24-19)15-3-2-8-20-9-15)23-10-16-13-4-5-14(7-6-13)17(16)11-23/h2-5,8-9,12-14,16-17H,6-7,10-11H2,1H3. The summed E-state index contributed by atoms with van der Waals surface area (Å²) in [6.07, 6.45) is 11.2. The molecule has 2 bridgehead atoms. The third-order valence-electron chi connectivity index (χ3n) is 6.25. The fourth-order valence-electron chi connectivity index (χ4n) is 4.86. The normalized spacial score (nSPS) is 32.9. The van der Waals surface area contributed by atoms with Crippen molar-refractivity contribution in [3.05, 3.63) is 42.6 Å². The highest BCUT2D eigenvalue weighted by Gasteiger charge is 2.47. The molecule has 124 valence electrons. The van der Waals surface area contributed by atoms with Gasteiger partial charge in [0.1, 0.15) is 0 Å². The van der Waals surface area contributed by atoms with E-state index in [1.54, 1.807) is 12.4 Å². The molecule has 6 rings (SSSR count). The fraction of sp³-hybridized carbons (Fsp3) is 0.526. The molecule has 5 nitrogen and oxygen atoms in total. The van der Waals surface area contributed by atoms with Crippen LogP contribution in [0.3, 0.4) is 0 Å². The molecule has 0 spiro atoms. The number of aromatic nitrogens is 3. The molecule has 24 heavy (non-hydrogen) atoms. The lowest BCUT2D eigenvalue weighted by Crippen LogP contribution is -2.35. The van der Waals surface area contributed by atoms with Gasteiger partial charge in [0.2, 0.25) is 11.7 Å². The van der Waals surface area contributed by atoms with Crippen LogP contribution >= 0.6 is 0 Å². The van der Waals surface area contributed by atoms with Crippen LogP contribution in [0.1, 0.15) is 31.7 Å². The molecule has 2 aromatic rings. The van der Waals surface area contributed by atoms with Crippen LogP contribution < -0.4 is 0 Å². The smallest absolute Gasteiger partial charge is 0.244 e. The molecule has 3 heterocycles. The monoisotopic (exact) mass is 322 g/mol. The zero-order chi connectivity index (χ0) is 16.1. The summed E-state index contributed by atoms with van der Waals surface area (Å²) in [5, 5.41) is 4.15. The Labute approximate surface area is 141 Å². The predicted molar refractivity (Wildman–Crippen MR) is 89.9 cm³/mol. The Kier molecular flexibility index (Phi) is 3.30. The maximum absolute atomic E-state index is 5.57. The number of allylic oxidation sites excluding steroid dienone is 2. The van der Waals surface area contributed by atoms with E-state index in [1.165, 1.54) is 12.8 Å². The Bertz CT molecular complexity index is 734. The molecular weight excluding hydrogens is 300 g/mol. The van der Waals surface area contributed by atoms with Gasteiger partial charge < -0.3 is 4.52 Å². The van der Waals surface area contributed by atoms with E-state index >= 15 is 0 Å². The number of hydrogen-bond donors (Lipinski definition) is 0. The Morgan fingerprint density at radius 3 is 2.54 bits per heavy atom. The van der Waals surface area contributed by atoms with E-state index in [9.17, 15) is 0 Å². The number of hydrogen-bond acceptors (Lipinski definition) is 5. The number of likely N-dealkylation sites (tertiary alicyclic amines) is 1. The second-order valence-electron chi connectivity index (χ2n) is 7.45. The van der Waals surface area contributed by atoms with E-state index in [0.717, 1.165) is 42.3 Å². The van der Waals surface area contributed by atoms with Crippen LogP contribution in [0.25, 0.3) is 11.4 Å². The lowest BCUT2D eigenvalue weighted by atomic mass is 9.64. The molecule has 0 radical (unpaired) electrons. The van der Waals surface area contributed by atoms with Crippen LogP contribution in [0.2, 0.25) is 0 Å². The molecular formula is C19H22N4O. The van der Waals surface area contributed by atoms with E-state index in [-0.39, 0.29) is 6.04 Å². The summed E-state index contributed by atoms with van der Waals surface area (Å²) >= 11 is 0. The lowest BCUT2D eigenvalue weighted by molar-refractivity contribution is 0.169. The van der Waals surface area contributed by atoms with Gasteiger partial charge in [-0.2, -0.15) is 4.98 Å². The highest BCUT2D eigenvalue weighted by atomic mass is 16.5. The number of rotatable bonds is 3. The molecule has 1 aliphatic heterocycles. The number of fused-ring (bicyclic) bond motifs is 1. The van der Waals surface area contributed by atoms with E-state index in [2.05, 4.69) is 39.1 Å². The van der Waals surface area contributed by atoms with Crippen LogP contribution in [0.15, 0.2) is 41.2 Å². The SMILES string of the molecule is CC(c1nc(-c2cccnc2)no1)N1CC2C3C=CC(CC3)C2C1. The number of nitrogens with zero attached hydrogens (tertiary/aromatic N) is 4. The average Bonchev–Trinajstić information content (AvgIpc) is 3.31. The molecule has 5 atom stereocenters. The van der Waals surface area contributed by atoms with Crippen LogP contribution in [0.4, 0.5) is 0 Å². The maximum atomic E-state index is 5.57. The Hall–Kier alpha value is -2.01. The molecule has 5 unspecified atom stereocenters. The molecule has 0 N–H and O–H groups in total. The first-order chi connectivity index (χ1) is 11.8. The minimum absolute atomic E-state index is 0.174. The maximum Gasteiger partial charge on any atom is 0.244 e. The molecule has 1 saturated heterocycles. The highest BCUT2D eigenvalue weighted by molar-refractivity contribution is 5.51. The van der Waals surface area contributed by atoms with Gasteiger partial charge in [-0.25, -0.2) is 0 Å². The van der Waals surface area contributed by atoms with Crippen molar-refractivity contribution in [2.24, 2.45) is 23.7 Å². The van der Waals surface area contributed by atoms with Gasteiger partial charge in [-0.05, 0) is 55.6 Å². The second kappa shape index (κ2) is 5.52. The first kappa shape index (κ1) is 14.3. The van der Waals surface area contributed by atoms with Crippen LogP contribution in [0, 0.1) is 23.7 Å². The van der Waals surface area contributed by atoms with E-state index in [4.69, 9.17) is 4.52 Å². The average molecular weight is 322 g/mol. The van der Waals surface area contributed by atoms with Gasteiger partial charge >= 0.3 is 0 Å². The zero-order valence-corrected chi connectivity index (χ0v) is 13.9. The lowest BCUT2D eigenvalue weighted by Gasteiger charge is -2.40. The van der Waals surface area contributed by atoms with Gasteiger partial charge in [-0.1, -0.05) is 17.3 Å². The van der Waals surface area contributed by atoms with Crippen molar-refractivity contribution < 1.29 is 4.52 Å². The molecule has 1 saturated carbocycles. The van der Waals surface area contributed by atoms with E-state index in [0.29, 0.717) is 11.7 Å². The molecule has 2 fully saturated rings. The first-order valence-electron chi connectivity index (χ1n) is 8.96.